The van der Waals surface area contributed by atoms with Gasteiger partial charge in [-0.3, -0.25) is 0 Å². The Morgan fingerprint density at radius 3 is 3.00 bits per heavy atom. The van der Waals surface area contributed by atoms with Crippen LogP contribution in [0.15, 0.2) is 16.8 Å². The molecule has 2 aromatic rings. The molecule has 16 heavy (non-hydrogen) atoms. The second-order valence-corrected chi connectivity index (χ2v) is 4.56. The van der Waals surface area contributed by atoms with Crippen molar-refractivity contribution in [2.45, 2.75) is 32.7 Å². The lowest BCUT2D eigenvalue weighted by atomic mass is 10.2. The molecule has 2 rings (SSSR count). The van der Waals surface area contributed by atoms with E-state index in [1.165, 1.54) is 5.56 Å². The second kappa shape index (κ2) is 5.12. The highest BCUT2D eigenvalue weighted by Gasteiger charge is 2.08. The SMILES string of the molecule is CCCc1c(N)nnn1CCc1ccsc1. The second-order valence-electron chi connectivity index (χ2n) is 3.78. The maximum Gasteiger partial charge on any atom is 0.169 e. The molecule has 0 unspecified atom stereocenters. The van der Waals surface area contributed by atoms with Crippen LogP contribution in [-0.4, -0.2) is 15.0 Å². The fourth-order valence-electron chi connectivity index (χ4n) is 1.69. The molecule has 5 heteroatoms. The van der Waals surface area contributed by atoms with Crippen LogP contribution in [0.4, 0.5) is 5.82 Å². The topological polar surface area (TPSA) is 56.7 Å². The lowest BCUT2D eigenvalue weighted by Crippen LogP contribution is -2.08. The van der Waals surface area contributed by atoms with Crippen LogP contribution in [0.2, 0.25) is 0 Å². The zero-order valence-electron chi connectivity index (χ0n) is 9.39. The predicted octanol–water partition coefficient (Wildman–Crippen LogP) is 2.12. The summed E-state index contributed by atoms with van der Waals surface area (Å²) in [6, 6.07) is 2.14. The number of nitrogens with two attached hydrogens (primary N) is 1. The van der Waals surface area contributed by atoms with E-state index in [-0.39, 0.29) is 0 Å². The van der Waals surface area contributed by atoms with Gasteiger partial charge in [0, 0.05) is 6.54 Å². The van der Waals surface area contributed by atoms with Crippen molar-refractivity contribution < 1.29 is 0 Å². The summed E-state index contributed by atoms with van der Waals surface area (Å²) in [6.07, 6.45) is 3.00. The van der Waals surface area contributed by atoms with Crippen LogP contribution in [0.25, 0.3) is 0 Å². The van der Waals surface area contributed by atoms with E-state index >= 15 is 0 Å². The van der Waals surface area contributed by atoms with Crippen LogP contribution in [0.3, 0.4) is 0 Å². The number of aryl methyl sites for hydroxylation is 2. The van der Waals surface area contributed by atoms with E-state index in [0.29, 0.717) is 5.82 Å². The minimum atomic E-state index is 0.576. The highest BCUT2D eigenvalue weighted by Crippen LogP contribution is 2.12. The molecule has 0 bridgehead atoms. The Morgan fingerprint density at radius 2 is 2.31 bits per heavy atom. The number of rotatable bonds is 5. The van der Waals surface area contributed by atoms with Gasteiger partial charge in [0.1, 0.15) is 0 Å². The summed E-state index contributed by atoms with van der Waals surface area (Å²) in [5.41, 5.74) is 8.20. The largest absolute Gasteiger partial charge is 0.381 e. The average molecular weight is 236 g/mol. The lowest BCUT2D eigenvalue weighted by Gasteiger charge is -2.04. The van der Waals surface area contributed by atoms with Gasteiger partial charge >= 0.3 is 0 Å². The van der Waals surface area contributed by atoms with Crippen molar-refractivity contribution in [1.82, 2.24) is 15.0 Å². The summed E-state index contributed by atoms with van der Waals surface area (Å²) < 4.78 is 1.93. The Bertz CT molecular complexity index is 433. The Balaban J connectivity index is 2.03. The summed E-state index contributed by atoms with van der Waals surface area (Å²) in [5, 5.41) is 12.3. The van der Waals surface area contributed by atoms with Gasteiger partial charge in [-0.2, -0.15) is 11.3 Å². The molecule has 2 heterocycles. The highest BCUT2D eigenvalue weighted by atomic mass is 32.1. The molecule has 0 radical (unpaired) electrons. The van der Waals surface area contributed by atoms with Crippen molar-refractivity contribution in [2.24, 2.45) is 0 Å². The van der Waals surface area contributed by atoms with Crippen molar-refractivity contribution in [3.63, 3.8) is 0 Å². The zero-order valence-corrected chi connectivity index (χ0v) is 10.2. The Labute approximate surface area is 99.1 Å². The van der Waals surface area contributed by atoms with E-state index < -0.39 is 0 Å². The summed E-state index contributed by atoms with van der Waals surface area (Å²) in [7, 11) is 0. The predicted molar refractivity (Wildman–Crippen MR) is 66.5 cm³/mol. The number of anilines is 1. The van der Waals surface area contributed by atoms with Crippen LogP contribution in [0, 0.1) is 0 Å². The molecular weight excluding hydrogens is 220 g/mol. The number of thiophene rings is 1. The van der Waals surface area contributed by atoms with E-state index in [2.05, 4.69) is 34.1 Å². The summed E-state index contributed by atoms with van der Waals surface area (Å²) >= 11 is 1.72. The third kappa shape index (κ3) is 2.41. The average Bonchev–Trinajstić information content (AvgIpc) is 2.89. The van der Waals surface area contributed by atoms with Crippen LogP contribution >= 0.6 is 11.3 Å². The Kier molecular flexibility index (Phi) is 3.56. The van der Waals surface area contributed by atoms with Crippen molar-refractivity contribution in [1.29, 1.82) is 0 Å². The zero-order chi connectivity index (χ0) is 11.4. The van der Waals surface area contributed by atoms with Crippen LogP contribution in [-0.2, 0) is 19.4 Å². The van der Waals surface area contributed by atoms with Crippen molar-refractivity contribution in [2.75, 3.05) is 5.73 Å². The molecule has 0 aliphatic heterocycles. The van der Waals surface area contributed by atoms with Crippen LogP contribution in [0.5, 0.6) is 0 Å². The quantitative estimate of drug-likeness (QED) is 0.865. The molecule has 0 amide bonds. The lowest BCUT2D eigenvalue weighted by molar-refractivity contribution is 0.562. The molecule has 86 valence electrons. The van der Waals surface area contributed by atoms with Crippen LogP contribution in [0.1, 0.15) is 24.6 Å². The van der Waals surface area contributed by atoms with Gasteiger partial charge in [0.05, 0.1) is 5.69 Å². The van der Waals surface area contributed by atoms with E-state index in [9.17, 15) is 0 Å². The van der Waals surface area contributed by atoms with Crippen molar-refractivity contribution >= 4 is 17.2 Å². The van der Waals surface area contributed by atoms with E-state index in [1.54, 1.807) is 11.3 Å². The molecule has 0 saturated heterocycles. The fourth-order valence-corrected chi connectivity index (χ4v) is 2.39. The maximum absolute atomic E-state index is 5.78. The third-order valence-corrected chi connectivity index (χ3v) is 3.28. The molecule has 2 aromatic heterocycles. The van der Waals surface area contributed by atoms with Gasteiger partial charge in [0.25, 0.3) is 0 Å². The molecule has 4 nitrogen and oxygen atoms in total. The molecule has 0 saturated carbocycles. The van der Waals surface area contributed by atoms with Crippen molar-refractivity contribution in [3.8, 4) is 0 Å². The van der Waals surface area contributed by atoms with Gasteiger partial charge < -0.3 is 5.73 Å². The summed E-state index contributed by atoms with van der Waals surface area (Å²) in [5.74, 6) is 0.576. The first kappa shape index (κ1) is 11.1. The standard InChI is InChI=1S/C11H16N4S/c1-2-3-10-11(12)13-14-15(10)6-4-9-5-7-16-8-9/h5,7-8H,2-4,6,12H2,1H3. The normalized spacial score (nSPS) is 10.8. The first-order chi connectivity index (χ1) is 7.81. The first-order valence-corrected chi connectivity index (χ1v) is 6.44. The fraction of sp³-hybridized carbons (Fsp3) is 0.455. The molecule has 0 fully saturated rings. The first-order valence-electron chi connectivity index (χ1n) is 5.50. The Morgan fingerprint density at radius 1 is 1.44 bits per heavy atom. The molecule has 0 aromatic carbocycles. The molecule has 0 aliphatic carbocycles. The van der Waals surface area contributed by atoms with Crippen molar-refractivity contribution in [3.05, 3.63) is 28.1 Å². The third-order valence-electron chi connectivity index (χ3n) is 2.55. The number of nitrogen functional groups attached to an aromatic ring is 1. The van der Waals surface area contributed by atoms with Gasteiger partial charge in [0.15, 0.2) is 5.82 Å². The summed E-state index contributed by atoms with van der Waals surface area (Å²) in [4.78, 5) is 0. The molecular formula is C11H16N4S. The maximum atomic E-state index is 5.78. The minimum absolute atomic E-state index is 0.576. The molecule has 0 atom stereocenters. The van der Waals surface area contributed by atoms with Gasteiger partial charge in [0.2, 0.25) is 0 Å². The molecule has 0 aliphatic rings. The van der Waals surface area contributed by atoms with Gasteiger partial charge in [-0.15, -0.1) is 5.10 Å². The number of hydrogen-bond donors (Lipinski definition) is 1. The minimum Gasteiger partial charge on any atom is -0.381 e. The van der Waals surface area contributed by atoms with Gasteiger partial charge in [-0.1, -0.05) is 18.6 Å². The number of aromatic nitrogens is 3. The van der Waals surface area contributed by atoms with E-state index in [4.69, 9.17) is 5.73 Å². The van der Waals surface area contributed by atoms with Gasteiger partial charge in [-0.25, -0.2) is 4.68 Å². The van der Waals surface area contributed by atoms with Crippen LogP contribution < -0.4 is 5.73 Å². The monoisotopic (exact) mass is 236 g/mol. The van der Waals surface area contributed by atoms with E-state index in [1.807, 2.05) is 4.68 Å². The smallest absolute Gasteiger partial charge is 0.169 e. The Hall–Kier alpha value is -1.36. The molecule has 2 N–H and O–H groups in total. The summed E-state index contributed by atoms with van der Waals surface area (Å²) in [6.45, 7) is 2.99. The van der Waals surface area contributed by atoms with E-state index in [0.717, 1.165) is 31.5 Å². The number of hydrogen-bond acceptors (Lipinski definition) is 4. The number of nitrogens with zero attached hydrogens (tertiary/aromatic N) is 3. The van der Waals surface area contributed by atoms with Gasteiger partial charge in [-0.05, 0) is 35.2 Å². The highest BCUT2D eigenvalue weighted by molar-refractivity contribution is 7.07. The molecule has 0 spiro atoms.